The van der Waals surface area contributed by atoms with Crippen LogP contribution < -0.4 is 15.0 Å². The molecule has 1 atom stereocenters. The van der Waals surface area contributed by atoms with Crippen molar-refractivity contribution in [1.29, 1.82) is 0 Å². The van der Waals surface area contributed by atoms with Crippen molar-refractivity contribution in [3.63, 3.8) is 0 Å². The maximum Gasteiger partial charge on any atom is 0.277 e. The molecule has 0 spiro atoms. The van der Waals surface area contributed by atoms with E-state index in [1.807, 2.05) is 24.3 Å². The van der Waals surface area contributed by atoms with E-state index in [0.717, 1.165) is 11.5 Å². The molecule has 3 aromatic rings. The number of nitrogens with one attached hydrogen (secondary N) is 1. The summed E-state index contributed by atoms with van der Waals surface area (Å²) in [5, 5.41) is 0. The zero-order valence-electron chi connectivity index (χ0n) is 11.9. The van der Waals surface area contributed by atoms with Crippen molar-refractivity contribution in [3.05, 3.63) is 53.2 Å². The Labute approximate surface area is 126 Å². The lowest BCUT2D eigenvalue weighted by Gasteiger charge is -2.26. The highest BCUT2D eigenvalue weighted by Gasteiger charge is 2.20. The first-order valence-corrected chi connectivity index (χ1v) is 7.22. The van der Waals surface area contributed by atoms with Crippen molar-refractivity contribution in [2.45, 2.75) is 19.1 Å². The Hall–Kier alpha value is -2.76. The molecular formula is C16H15N3O3. The summed E-state index contributed by atoms with van der Waals surface area (Å²) in [6, 6.07) is 9.40. The maximum atomic E-state index is 12.3. The van der Waals surface area contributed by atoms with E-state index in [9.17, 15) is 4.79 Å². The number of para-hydroxylation sites is 2. The molecule has 6 heteroatoms. The molecule has 6 nitrogen and oxygen atoms in total. The smallest absolute Gasteiger partial charge is 0.277 e. The molecule has 4 rings (SSSR count). The standard InChI is InChI=1S/C16H15N3O3/c20-16-15-12(5-7-17-15)18-10-19(16)8-6-11-9-21-13-3-1-2-4-14(13)22-11/h1-5,7,10-11,17H,6,8-9H2. The average molecular weight is 297 g/mol. The number of aromatic amines is 1. The summed E-state index contributed by atoms with van der Waals surface area (Å²) in [6.45, 7) is 1.03. The van der Waals surface area contributed by atoms with Gasteiger partial charge >= 0.3 is 0 Å². The predicted octanol–water partition coefficient (Wildman–Crippen LogP) is 1.95. The van der Waals surface area contributed by atoms with Crippen LogP contribution in [0, 0.1) is 0 Å². The zero-order chi connectivity index (χ0) is 14.9. The first kappa shape index (κ1) is 12.9. The van der Waals surface area contributed by atoms with Crippen LogP contribution >= 0.6 is 0 Å². The molecule has 1 aliphatic heterocycles. The molecule has 0 bridgehead atoms. The fourth-order valence-corrected chi connectivity index (χ4v) is 2.62. The van der Waals surface area contributed by atoms with E-state index >= 15 is 0 Å². The SMILES string of the molecule is O=c1c2[nH]ccc2ncn1CCC1COc2ccccc2O1. The summed E-state index contributed by atoms with van der Waals surface area (Å²) in [5.74, 6) is 1.52. The van der Waals surface area contributed by atoms with Gasteiger partial charge in [0.2, 0.25) is 0 Å². The number of fused-ring (bicyclic) bond motifs is 2. The Balaban J connectivity index is 1.48. The van der Waals surface area contributed by atoms with Crippen molar-refractivity contribution in [2.75, 3.05) is 6.61 Å². The van der Waals surface area contributed by atoms with E-state index in [0.29, 0.717) is 30.6 Å². The van der Waals surface area contributed by atoms with Crippen LogP contribution in [-0.2, 0) is 6.54 Å². The van der Waals surface area contributed by atoms with E-state index < -0.39 is 0 Å². The van der Waals surface area contributed by atoms with Gasteiger partial charge in [0, 0.05) is 19.2 Å². The highest BCUT2D eigenvalue weighted by Crippen LogP contribution is 2.31. The summed E-state index contributed by atoms with van der Waals surface area (Å²) in [4.78, 5) is 19.5. The minimum atomic E-state index is -0.0684. The lowest BCUT2D eigenvalue weighted by Crippen LogP contribution is -2.32. The first-order valence-electron chi connectivity index (χ1n) is 7.22. The van der Waals surface area contributed by atoms with Crippen LogP contribution in [0.5, 0.6) is 11.5 Å². The Bertz CT molecular complexity index is 868. The van der Waals surface area contributed by atoms with Crippen molar-refractivity contribution in [1.82, 2.24) is 14.5 Å². The van der Waals surface area contributed by atoms with E-state index in [1.165, 1.54) is 0 Å². The third-order valence-electron chi connectivity index (χ3n) is 3.80. The van der Waals surface area contributed by atoms with Gasteiger partial charge in [-0.15, -0.1) is 0 Å². The minimum Gasteiger partial charge on any atom is -0.486 e. The number of H-pyrrole nitrogens is 1. The molecule has 0 fully saturated rings. The minimum absolute atomic E-state index is 0.0628. The van der Waals surface area contributed by atoms with Crippen LogP contribution in [0.2, 0.25) is 0 Å². The maximum absolute atomic E-state index is 12.3. The Kier molecular flexibility index (Phi) is 3.07. The van der Waals surface area contributed by atoms with Gasteiger partial charge in [0.05, 0.1) is 11.8 Å². The van der Waals surface area contributed by atoms with Crippen molar-refractivity contribution < 1.29 is 9.47 Å². The van der Waals surface area contributed by atoms with Gasteiger partial charge in [0.1, 0.15) is 18.2 Å². The molecule has 0 aliphatic carbocycles. The highest BCUT2D eigenvalue weighted by molar-refractivity contribution is 5.73. The van der Waals surface area contributed by atoms with Crippen LogP contribution in [0.1, 0.15) is 6.42 Å². The predicted molar refractivity (Wildman–Crippen MR) is 81.3 cm³/mol. The van der Waals surface area contributed by atoms with Gasteiger partial charge in [0.25, 0.3) is 5.56 Å². The van der Waals surface area contributed by atoms with Gasteiger partial charge in [-0.05, 0) is 18.2 Å². The second-order valence-electron chi connectivity index (χ2n) is 5.27. The summed E-state index contributed by atoms with van der Waals surface area (Å²) in [6.07, 6.45) is 3.91. The van der Waals surface area contributed by atoms with E-state index in [-0.39, 0.29) is 11.7 Å². The molecular weight excluding hydrogens is 282 g/mol. The molecule has 0 radical (unpaired) electrons. The van der Waals surface area contributed by atoms with Gasteiger partial charge in [-0.25, -0.2) is 4.98 Å². The van der Waals surface area contributed by atoms with Crippen LogP contribution in [0.25, 0.3) is 11.0 Å². The largest absolute Gasteiger partial charge is 0.486 e. The quantitative estimate of drug-likeness (QED) is 0.802. The van der Waals surface area contributed by atoms with Crippen molar-refractivity contribution in [3.8, 4) is 11.5 Å². The Morgan fingerprint density at radius 3 is 3.05 bits per heavy atom. The monoisotopic (exact) mass is 297 g/mol. The second-order valence-corrected chi connectivity index (χ2v) is 5.27. The number of hydrogen-bond acceptors (Lipinski definition) is 4. The molecule has 22 heavy (non-hydrogen) atoms. The Morgan fingerprint density at radius 2 is 2.14 bits per heavy atom. The molecule has 1 unspecified atom stereocenters. The fourth-order valence-electron chi connectivity index (χ4n) is 2.62. The number of ether oxygens (including phenoxy) is 2. The normalized spacial score (nSPS) is 16.8. The summed E-state index contributed by atoms with van der Waals surface area (Å²) < 4.78 is 13.2. The van der Waals surface area contributed by atoms with Crippen LogP contribution in [-0.4, -0.2) is 27.2 Å². The summed E-state index contributed by atoms with van der Waals surface area (Å²) in [5.41, 5.74) is 1.16. The zero-order valence-corrected chi connectivity index (χ0v) is 11.9. The van der Waals surface area contributed by atoms with Gasteiger partial charge in [-0.2, -0.15) is 0 Å². The molecule has 1 aliphatic rings. The van der Waals surface area contributed by atoms with E-state index in [4.69, 9.17) is 9.47 Å². The second kappa shape index (κ2) is 5.22. The van der Waals surface area contributed by atoms with Gasteiger partial charge in [-0.1, -0.05) is 12.1 Å². The highest BCUT2D eigenvalue weighted by atomic mass is 16.6. The third-order valence-corrected chi connectivity index (χ3v) is 3.80. The molecule has 0 saturated carbocycles. The molecule has 1 aromatic carbocycles. The molecule has 0 amide bonds. The number of aryl methyl sites for hydroxylation is 1. The summed E-state index contributed by atoms with van der Waals surface area (Å²) >= 11 is 0. The van der Waals surface area contributed by atoms with Crippen molar-refractivity contribution in [2.24, 2.45) is 0 Å². The topological polar surface area (TPSA) is 69.1 Å². The average Bonchev–Trinajstić information content (AvgIpc) is 3.03. The molecule has 3 heterocycles. The number of aromatic nitrogens is 3. The Morgan fingerprint density at radius 1 is 1.27 bits per heavy atom. The lowest BCUT2D eigenvalue weighted by atomic mass is 10.2. The fraction of sp³-hybridized carbons (Fsp3) is 0.250. The van der Waals surface area contributed by atoms with Crippen LogP contribution in [0.15, 0.2) is 47.7 Å². The molecule has 2 aromatic heterocycles. The van der Waals surface area contributed by atoms with Gasteiger partial charge in [0.15, 0.2) is 11.5 Å². The van der Waals surface area contributed by atoms with Gasteiger partial charge < -0.3 is 14.5 Å². The number of benzene rings is 1. The number of nitrogens with zero attached hydrogens (tertiary/aromatic N) is 2. The molecule has 1 N–H and O–H groups in total. The molecule has 0 saturated heterocycles. The van der Waals surface area contributed by atoms with Crippen molar-refractivity contribution >= 4 is 11.0 Å². The van der Waals surface area contributed by atoms with Crippen LogP contribution in [0.4, 0.5) is 0 Å². The van der Waals surface area contributed by atoms with E-state index in [2.05, 4.69) is 9.97 Å². The number of hydrogen-bond donors (Lipinski definition) is 1. The summed E-state index contributed by atoms with van der Waals surface area (Å²) in [7, 11) is 0. The lowest BCUT2D eigenvalue weighted by molar-refractivity contribution is 0.0814. The number of rotatable bonds is 3. The van der Waals surface area contributed by atoms with Gasteiger partial charge in [-0.3, -0.25) is 9.36 Å². The van der Waals surface area contributed by atoms with Crippen LogP contribution in [0.3, 0.4) is 0 Å². The van der Waals surface area contributed by atoms with E-state index in [1.54, 1.807) is 23.2 Å². The molecule has 112 valence electrons. The first-order chi connectivity index (χ1) is 10.8. The third kappa shape index (κ3) is 2.22.